The van der Waals surface area contributed by atoms with Crippen molar-refractivity contribution >= 4 is 0 Å². The van der Waals surface area contributed by atoms with Crippen molar-refractivity contribution in [1.82, 2.24) is 0 Å². The van der Waals surface area contributed by atoms with Gasteiger partial charge in [0, 0.05) is 0 Å². The van der Waals surface area contributed by atoms with Gasteiger partial charge < -0.3 is 24.4 Å². The minimum Gasteiger partial charge on any atom is -0.508 e. The van der Waals surface area contributed by atoms with E-state index < -0.39 is 0 Å². The van der Waals surface area contributed by atoms with E-state index >= 15 is 0 Å². The van der Waals surface area contributed by atoms with Crippen LogP contribution in [0.4, 0.5) is 0 Å². The Morgan fingerprint density at radius 2 is 0.742 bits per heavy atom. The Balaban J connectivity index is 1.27. The fourth-order valence-corrected chi connectivity index (χ4v) is 2.86. The number of phenols is 2. The van der Waals surface area contributed by atoms with Crippen molar-refractivity contribution in [1.29, 1.82) is 0 Å². The summed E-state index contributed by atoms with van der Waals surface area (Å²) >= 11 is 0. The van der Waals surface area contributed by atoms with E-state index in [0.29, 0.717) is 24.7 Å². The highest BCUT2D eigenvalue weighted by Crippen LogP contribution is 2.26. The molecular weight excluding hydrogens is 392 g/mol. The number of rotatable bonds is 8. The van der Waals surface area contributed by atoms with Crippen molar-refractivity contribution in [2.45, 2.75) is 13.2 Å². The molecule has 2 N–H and O–H groups in total. The van der Waals surface area contributed by atoms with Crippen LogP contribution in [0.2, 0.25) is 0 Å². The SMILES string of the molecule is Oc1ccc(COc2ccc(Oc3ccc(OCc4ccc(O)cc4)cc3)cc2)cc1. The highest BCUT2D eigenvalue weighted by molar-refractivity contribution is 5.38. The van der Waals surface area contributed by atoms with Gasteiger partial charge in [0.2, 0.25) is 0 Å². The van der Waals surface area contributed by atoms with Crippen molar-refractivity contribution in [2.75, 3.05) is 0 Å². The number of benzene rings is 4. The van der Waals surface area contributed by atoms with Crippen LogP contribution in [-0.4, -0.2) is 10.2 Å². The Morgan fingerprint density at radius 1 is 0.419 bits per heavy atom. The predicted molar refractivity (Wildman–Crippen MR) is 118 cm³/mol. The van der Waals surface area contributed by atoms with Crippen LogP contribution in [0.1, 0.15) is 11.1 Å². The van der Waals surface area contributed by atoms with Gasteiger partial charge in [-0.1, -0.05) is 24.3 Å². The molecule has 4 rings (SSSR count). The molecule has 0 atom stereocenters. The molecule has 0 unspecified atom stereocenters. The van der Waals surface area contributed by atoms with Gasteiger partial charge in [0.1, 0.15) is 47.7 Å². The maximum absolute atomic E-state index is 9.32. The van der Waals surface area contributed by atoms with Crippen LogP contribution < -0.4 is 14.2 Å². The van der Waals surface area contributed by atoms with Gasteiger partial charge in [-0.3, -0.25) is 0 Å². The molecule has 0 aliphatic heterocycles. The molecular formula is C26H22O5. The zero-order valence-electron chi connectivity index (χ0n) is 16.8. The van der Waals surface area contributed by atoms with Crippen LogP contribution >= 0.6 is 0 Å². The van der Waals surface area contributed by atoms with E-state index in [1.165, 1.54) is 0 Å². The Kier molecular flexibility index (Phi) is 6.24. The summed E-state index contributed by atoms with van der Waals surface area (Å²) in [6.45, 7) is 0.845. The number of phenolic OH excluding ortho intramolecular Hbond substituents is 2. The minimum atomic E-state index is 0.238. The van der Waals surface area contributed by atoms with E-state index in [1.807, 2.05) is 72.8 Å². The quantitative estimate of drug-likeness (QED) is 0.367. The molecule has 0 spiro atoms. The smallest absolute Gasteiger partial charge is 0.127 e. The monoisotopic (exact) mass is 414 g/mol. The molecule has 156 valence electrons. The van der Waals surface area contributed by atoms with Crippen LogP contribution in [0.15, 0.2) is 97.1 Å². The zero-order valence-corrected chi connectivity index (χ0v) is 16.8. The van der Waals surface area contributed by atoms with Gasteiger partial charge in [0.15, 0.2) is 0 Å². The van der Waals surface area contributed by atoms with Gasteiger partial charge in [-0.15, -0.1) is 0 Å². The average Bonchev–Trinajstić information content (AvgIpc) is 2.80. The van der Waals surface area contributed by atoms with Gasteiger partial charge in [-0.05, 0) is 83.9 Å². The van der Waals surface area contributed by atoms with Gasteiger partial charge in [0.25, 0.3) is 0 Å². The highest BCUT2D eigenvalue weighted by atomic mass is 16.5. The third-order valence-corrected chi connectivity index (χ3v) is 4.57. The Morgan fingerprint density at radius 3 is 1.10 bits per heavy atom. The highest BCUT2D eigenvalue weighted by Gasteiger charge is 2.02. The molecule has 5 heteroatoms. The Labute approximate surface area is 180 Å². The van der Waals surface area contributed by atoms with Gasteiger partial charge in [-0.2, -0.15) is 0 Å². The average molecular weight is 414 g/mol. The van der Waals surface area contributed by atoms with E-state index in [2.05, 4.69) is 0 Å². The van der Waals surface area contributed by atoms with E-state index in [0.717, 1.165) is 22.6 Å². The topological polar surface area (TPSA) is 68.2 Å². The fourth-order valence-electron chi connectivity index (χ4n) is 2.86. The van der Waals surface area contributed by atoms with Crippen molar-refractivity contribution in [3.05, 3.63) is 108 Å². The summed E-state index contributed by atoms with van der Waals surface area (Å²) in [6, 6.07) is 28.7. The van der Waals surface area contributed by atoms with E-state index in [4.69, 9.17) is 14.2 Å². The summed E-state index contributed by atoms with van der Waals surface area (Å²) in [4.78, 5) is 0. The summed E-state index contributed by atoms with van der Waals surface area (Å²) in [5, 5.41) is 18.6. The number of aromatic hydroxyl groups is 2. The first-order valence-electron chi connectivity index (χ1n) is 9.83. The normalized spacial score (nSPS) is 10.5. The summed E-state index contributed by atoms with van der Waals surface area (Å²) < 4.78 is 17.4. The van der Waals surface area contributed by atoms with E-state index in [-0.39, 0.29) is 11.5 Å². The molecule has 4 aromatic carbocycles. The lowest BCUT2D eigenvalue weighted by atomic mass is 10.2. The maximum Gasteiger partial charge on any atom is 0.127 e. The number of hydrogen-bond acceptors (Lipinski definition) is 5. The lowest BCUT2D eigenvalue weighted by molar-refractivity contribution is 0.305. The van der Waals surface area contributed by atoms with Gasteiger partial charge in [-0.25, -0.2) is 0 Å². The van der Waals surface area contributed by atoms with Gasteiger partial charge in [0.05, 0.1) is 0 Å². The van der Waals surface area contributed by atoms with Crippen molar-refractivity contribution in [3.8, 4) is 34.5 Å². The second-order valence-electron chi connectivity index (χ2n) is 6.96. The molecule has 0 aromatic heterocycles. The standard InChI is InChI=1S/C26H22O5/c27-21-5-1-19(2-6-21)17-29-23-9-13-25(14-10-23)31-26-15-11-24(12-16-26)30-18-20-3-7-22(28)8-4-20/h1-16,27-28H,17-18H2. The summed E-state index contributed by atoms with van der Waals surface area (Å²) in [7, 11) is 0. The molecule has 4 aromatic rings. The molecule has 31 heavy (non-hydrogen) atoms. The number of hydrogen-bond donors (Lipinski definition) is 2. The zero-order chi connectivity index (χ0) is 21.5. The molecule has 0 aliphatic rings. The largest absolute Gasteiger partial charge is 0.508 e. The second kappa shape index (κ2) is 9.59. The summed E-state index contributed by atoms with van der Waals surface area (Å²) in [6.07, 6.45) is 0. The molecule has 0 heterocycles. The second-order valence-corrected chi connectivity index (χ2v) is 6.96. The van der Waals surface area contributed by atoms with Crippen LogP contribution in [0.25, 0.3) is 0 Å². The van der Waals surface area contributed by atoms with Crippen molar-refractivity contribution in [3.63, 3.8) is 0 Å². The first-order valence-corrected chi connectivity index (χ1v) is 9.83. The fraction of sp³-hybridized carbons (Fsp3) is 0.0769. The maximum atomic E-state index is 9.32. The third kappa shape index (κ3) is 5.93. The summed E-state index contributed by atoms with van der Waals surface area (Å²) in [5.74, 6) is 3.35. The van der Waals surface area contributed by atoms with Crippen LogP contribution in [-0.2, 0) is 13.2 Å². The first-order chi connectivity index (χ1) is 15.1. The van der Waals surface area contributed by atoms with Crippen molar-refractivity contribution in [2.24, 2.45) is 0 Å². The first kappa shape index (κ1) is 20.2. The molecule has 5 nitrogen and oxygen atoms in total. The molecule has 0 fully saturated rings. The Hall–Kier alpha value is -4.12. The van der Waals surface area contributed by atoms with Crippen LogP contribution in [0, 0.1) is 0 Å². The molecule has 0 saturated carbocycles. The molecule has 0 saturated heterocycles. The molecule has 0 aliphatic carbocycles. The Bertz CT molecular complexity index is 996. The third-order valence-electron chi connectivity index (χ3n) is 4.57. The number of ether oxygens (including phenoxy) is 3. The molecule has 0 bridgehead atoms. The van der Waals surface area contributed by atoms with Gasteiger partial charge >= 0.3 is 0 Å². The predicted octanol–water partition coefficient (Wildman–Crippen LogP) is 6.05. The van der Waals surface area contributed by atoms with Crippen LogP contribution in [0.3, 0.4) is 0 Å². The lowest BCUT2D eigenvalue weighted by Crippen LogP contribution is -1.95. The summed E-state index contributed by atoms with van der Waals surface area (Å²) in [5.41, 5.74) is 1.96. The van der Waals surface area contributed by atoms with E-state index in [9.17, 15) is 10.2 Å². The van der Waals surface area contributed by atoms with Crippen molar-refractivity contribution < 1.29 is 24.4 Å². The van der Waals surface area contributed by atoms with E-state index in [1.54, 1.807) is 24.3 Å². The molecule has 0 radical (unpaired) electrons. The minimum absolute atomic E-state index is 0.238. The van der Waals surface area contributed by atoms with Crippen LogP contribution in [0.5, 0.6) is 34.5 Å². The lowest BCUT2D eigenvalue weighted by Gasteiger charge is -2.10. The molecule has 0 amide bonds.